The lowest BCUT2D eigenvalue weighted by atomic mass is 10.1. The van der Waals surface area contributed by atoms with Gasteiger partial charge in [-0.1, -0.05) is 56.1 Å². The molecule has 0 amide bonds. The molecule has 0 aliphatic carbocycles. The van der Waals surface area contributed by atoms with E-state index in [1.807, 2.05) is 54.6 Å². The Hall–Kier alpha value is -2.79. The van der Waals surface area contributed by atoms with Crippen LogP contribution in [0.2, 0.25) is 0 Å². The second kappa shape index (κ2) is 14.4. The van der Waals surface area contributed by atoms with Gasteiger partial charge in [-0.05, 0) is 87.3 Å². The van der Waals surface area contributed by atoms with Crippen LogP contribution in [0.4, 0.5) is 5.82 Å². The van der Waals surface area contributed by atoms with Crippen LogP contribution in [0.1, 0.15) is 27.6 Å². The molecular formula is C28H20Br4N4O2. The van der Waals surface area contributed by atoms with E-state index in [0.717, 1.165) is 45.7 Å². The number of aromatic nitrogens is 3. The van der Waals surface area contributed by atoms with Crippen molar-refractivity contribution in [3.05, 3.63) is 114 Å². The topological polar surface area (TPSA) is 98.8 Å². The highest BCUT2D eigenvalue weighted by Crippen LogP contribution is 2.23. The van der Waals surface area contributed by atoms with Crippen molar-refractivity contribution in [3.63, 3.8) is 0 Å². The summed E-state index contributed by atoms with van der Waals surface area (Å²) in [5, 5.41) is 1.03. The number of nitrogen functional groups attached to an aromatic ring is 1. The molecule has 0 aliphatic heterocycles. The van der Waals surface area contributed by atoms with Crippen LogP contribution in [0.15, 0.2) is 103 Å². The van der Waals surface area contributed by atoms with Crippen LogP contribution in [0, 0.1) is 0 Å². The van der Waals surface area contributed by atoms with E-state index in [-0.39, 0.29) is 11.6 Å². The fourth-order valence-corrected chi connectivity index (χ4v) is 4.24. The Morgan fingerprint density at radius 1 is 0.763 bits per heavy atom. The van der Waals surface area contributed by atoms with Gasteiger partial charge in [-0.15, -0.1) is 0 Å². The molecule has 0 unspecified atom stereocenters. The van der Waals surface area contributed by atoms with E-state index >= 15 is 0 Å². The van der Waals surface area contributed by atoms with Gasteiger partial charge < -0.3 is 5.73 Å². The molecule has 3 aromatic heterocycles. The van der Waals surface area contributed by atoms with E-state index in [1.54, 1.807) is 37.5 Å². The van der Waals surface area contributed by atoms with Crippen LogP contribution in [-0.4, -0.2) is 27.0 Å². The van der Waals surface area contributed by atoms with Gasteiger partial charge in [0.1, 0.15) is 5.82 Å². The second-order valence-corrected chi connectivity index (χ2v) is 11.4. The number of fused-ring (bicyclic) bond motifs is 1. The van der Waals surface area contributed by atoms with Crippen LogP contribution in [0.3, 0.4) is 0 Å². The minimum absolute atomic E-state index is 0.104. The summed E-state index contributed by atoms with van der Waals surface area (Å²) >= 11 is 13.3. The molecule has 5 rings (SSSR count). The zero-order valence-corrected chi connectivity index (χ0v) is 26.3. The standard InChI is InChI=1S/C14H8Br2N2.C8H7BrO.C6H5BrN2O/c15-11-4-1-9(2-5-11)13-6-3-10-7-12(16)8-17-14(10)18-13;1-6(10)7-2-4-8(9)5-3-7;7-5-1-4(3-10)6(8)9-2-5/h1-8H;2-5H,1H3;1-3H,(H2,8,9). The number of carbonyl (C=O) groups excluding carboxylic acids is 2. The van der Waals surface area contributed by atoms with Gasteiger partial charge in [0.05, 0.1) is 11.3 Å². The summed E-state index contributed by atoms with van der Waals surface area (Å²) < 4.78 is 3.78. The Morgan fingerprint density at radius 2 is 1.34 bits per heavy atom. The van der Waals surface area contributed by atoms with Gasteiger partial charge in [-0.3, -0.25) is 9.59 Å². The number of halogens is 4. The highest BCUT2D eigenvalue weighted by molar-refractivity contribution is 9.11. The number of nitrogens with two attached hydrogens (primary N) is 1. The number of Topliss-reactive ketones (excluding diaryl/α,β-unsaturated/α-hetero) is 1. The minimum atomic E-state index is 0.104. The number of pyridine rings is 3. The quantitative estimate of drug-likeness (QED) is 0.146. The molecule has 2 N–H and O–H groups in total. The van der Waals surface area contributed by atoms with Crippen molar-refractivity contribution in [2.45, 2.75) is 6.92 Å². The number of benzene rings is 2. The zero-order valence-electron chi connectivity index (χ0n) is 19.9. The maximum absolute atomic E-state index is 10.7. The van der Waals surface area contributed by atoms with Crippen molar-refractivity contribution < 1.29 is 9.59 Å². The summed E-state index contributed by atoms with van der Waals surface area (Å²) in [5.74, 6) is 0.366. The average Bonchev–Trinajstić information content (AvgIpc) is 2.91. The number of rotatable bonds is 3. The highest BCUT2D eigenvalue weighted by Gasteiger charge is 2.03. The molecule has 5 aromatic rings. The van der Waals surface area contributed by atoms with Gasteiger partial charge >= 0.3 is 0 Å². The van der Waals surface area contributed by atoms with Crippen molar-refractivity contribution in [3.8, 4) is 11.3 Å². The van der Waals surface area contributed by atoms with E-state index < -0.39 is 0 Å². The molecule has 0 fully saturated rings. The lowest BCUT2D eigenvalue weighted by Crippen LogP contribution is -1.95. The predicted molar refractivity (Wildman–Crippen MR) is 166 cm³/mol. The smallest absolute Gasteiger partial charge is 0.159 e. The van der Waals surface area contributed by atoms with E-state index in [1.165, 1.54) is 0 Å². The number of anilines is 1. The molecule has 38 heavy (non-hydrogen) atoms. The molecule has 0 atom stereocenters. The molecule has 0 aliphatic rings. The summed E-state index contributed by atoms with van der Waals surface area (Å²) in [7, 11) is 0. The van der Waals surface area contributed by atoms with Gasteiger partial charge in [0.15, 0.2) is 17.7 Å². The van der Waals surface area contributed by atoms with Crippen molar-refractivity contribution in [2.75, 3.05) is 5.73 Å². The summed E-state index contributed by atoms with van der Waals surface area (Å²) in [6.45, 7) is 1.56. The van der Waals surface area contributed by atoms with E-state index in [2.05, 4.69) is 78.7 Å². The van der Waals surface area contributed by atoms with Gasteiger partial charge in [0.2, 0.25) is 0 Å². The monoisotopic (exact) mass is 760 g/mol. The van der Waals surface area contributed by atoms with Crippen molar-refractivity contribution >= 4 is 92.6 Å². The Balaban J connectivity index is 0.000000171. The third kappa shape index (κ3) is 8.90. The lowest BCUT2D eigenvalue weighted by molar-refractivity contribution is 0.101. The first-order valence-corrected chi connectivity index (χ1v) is 14.1. The zero-order chi connectivity index (χ0) is 27.7. The molecule has 0 bridgehead atoms. The summed E-state index contributed by atoms with van der Waals surface area (Å²) in [5.41, 5.74) is 9.29. The third-order valence-electron chi connectivity index (χ3n) is 4.94. The third-order valence-corrected chi connectivity index (χ3v) is 6.87. The van der Waals surface area contributed by atoms with Crippen LogP contribution in [-0.2, 0) is 0 Å². The summed E-state index contributed by atoms with van der Waals surface area (Å²) in [6, 6.07) is 23.1. The van der Waals surface area contributed by atoms with Crippen LogP contribution in [0.5, 0.6) is 0 Å². The minimum Gasteiger partial charge on any atom is -0.383 e. The average molecular weight is 764 g/mol. The summed E-state index contributed by atoms with van der Waals surface area (Å²) in [6.07, 6.45) is 3.98. The maximum Gasteiger partial charge on any atom is 0.159 e. The molecule has 0 radical (unpaired) electrons. The van der Waals surface area contributed by atoms with Crippen molar-refractivity contribution in [1.29, 1.82) is 0 Å². The number of nitrogens with zero attached hydrogens (tertiary/aromatic N) is 3. The van der Waals surface area contributed by atoms with Crippen molar-refractivity contribution in [1.82, 2.24) is 15.0 Å². The van der Waals surface area contributed by atoms with Gasteiger partial charge in [-0.2, -0.15) is 0 Å². The maximum atomic E-state index is 10.7. The van der Waals surface area contributed by atoms with E-state index in [0.29, 0.717) is 11.8 Å². The number of hydrogen-bond donors (Lipinski definition) is 1. The number of hydrogen-bond acceptors (Lipinski definition) is 6. The molecule has 3 heterocycles. The number of aldehydes is 1. The van der Waals surface area contributed by atoms with Crippen LogP contribution in [0.25, 0.3) is 22.3 Å². The first-order chi connectivity index (χ1) is 18.2. The SMILES string of the molecule is Brc1ccc(-c2ccc3cc(Br)cnc3n2)cc1.CC(=O)c1ccc(Br)cc1.Nc1ncc(Br)cc1C=O. The van der Waals surface area contributed by atoms with Crippen molar-refractivity contribution in [2.24, 2.45) is 0 Å². The van der Waals surface area contributed by atoms with Gasteiger partial charge in [0, 0.05) is 46.8 Å². The molecule has 0 spiro atoms. The summed E-state index contributed by atoms with van der Waals surface area (Å²) in [4.78, 5) is 33.6. The molecule has 0 saturated heterocycles. The Bertz CT molecular complexity index is 1560. The van der Waals surface area contributed by atoms with E-state index in [4.69, 9.17) is 5.73 Å². The fourth-order valence-electron chi connectivity index (χ4n) is 3.01. The molecule has 192 valence electrons. The molecule has 10 heteroatoms. The van der Waals surface area contributed by atoms with E-state index in [9.17, 15) is 9.59 Å². The lowest BCUT2D eigenvalue weighted by Gasteiger charge is -2.03. The molecule has 2 aromatic carbocycles. The number of ketones is 1. The Morgan fingerprint density at radius 3 is 1.92 bits per heavy atom. The van der Waals surface area contributed by atoms with Crippen LogP contribution < -0.4 is 5.73 Å². The largest absolute Gasteiger partial charge is 0.383 e. The Kier molecular flexibility index (Phi) is 11.3. The fraction of sp³-hybridized carbons (Fsp3) is 0.0357. The number of carbonyl (C=O) groups is 2. The van der Waals surface area contributed by atoms with Gasteiger partial charge in [-0.25, -0.2) is 15.0 Å². The second-order valence-electron chi connectivity index (χ2n) is 7.71. The molecule has 0 saturated carbocycles. The predicted octanol–water partition coefficient (Wildman–Crippen LogP) is 8.71. The first-order valence-electron chi connectivity index (χ1n) is 11.0. The van der Waals surface area contributed by atoms with Crippen LogP contribution >= 0.6 is 63.7 Å². The Labute approximate surface area is 253 Å². The first kappa shape index (κ1) is 29.8. The van der Waals surface area contributed by atoms with Gasteiger partial charge in [0.25, 0.3) is 0 Å². The normalized spacial score (nSPS) is 10.0. The molecular weight excluding hydrogens is 744 g/mol. The molecule has 6 nitrogen and oxygen atoms in total. The highest BCUT2D eigenvalue weighted by atomic mass is 79.9.